The highest BCUT2D eigenvalue weighted by Crippen LogP contribution is 2.18. The molecular weight excluding hydrogens is 324 g/mol. The minimum atomic E-state index is 0.267. The number of carbonyl (C=O) groups excluding carboxylic acids is 1. The molecule has 1 atom stereocenters. The van der Waals surface area contributed by atoms with Crippen molar-refractivity contribution in [2.24, 2.45) is 16.3 Å². The van der Waals surface area contributed by atoms with Crippen LogP contribution in [0.2, 0.25) is 0 Å². The van der Waals surface area contributed by atoms with Crippen LogP contribution in [-0.4, -0.2) is 50.0 Å². The van der Waals surface area contributed by atoms with Gasteiger partial charge in [0.2, 0.25) is 5.91 Å². The van der Waals surface area contributed by atoms with Crippen molar-refractivity contribution in [2.75, 3.05) is 33.2 Å². The SMILES string of the molecule is CN=C(NCCC(C)(C)C)NCC1CC(=O)N(CCc2ccccc2)C1. The van der Waals surface area contributed by atoms with Crippen LogP contribution in [0, 0.1) is 11.3 Å². The standard InChI is InChI=1S/C21H34N4O/c1-21(2,3)11-12-23-20(22-4)24-15-18-14-19(26)25(16-18)13-10-17-8-6-5-7-9-17/h5-9,18H,10-16H2,1-4H3,(H2,22,23,24). The molecular formula is C21H34N4O. The molecule has 26 heavy (non-hydrogen) atoms. The lowest BCUT2D eigenvalue weighted by Crippen LogP contribution is -2.41. The number of carbonyl (C=O) groups is 1. The fourth-order valence-electron chi connectivity index (χ4n) is 3.13. The predicted molar refractivity (Wildman–Crippen MR) is 108 cm³/mol. The normalized spacial score (nSPS) is 18.3. The highest BCUT2D eigenvalue weighted by Gasteiger charge is 2.29. The molecule has 1 unspecified atom stereocenters. The van der Waals surface area contributed by atoms with E-state index < -0.39 is 0 Å². The Bertz CT molecular complexity index is 592. The first-order valence-electron chi connectivity index (χ1n) is 9.63. The van der Waals surface area contributed by atoms with E-state index in [2.05, 4.69) is 48.5 Å². The van der Waals surface area contributed by atoms with Gasteiger partial charge in [0.05, 0.1) is 0 Å². The van der Waals surface area contributed by atoms with Gasteiger partial charge in [0.15, 0.2) is 5.96 Å². The summed E-state index contributed by atoms with van der Waals surface area (Å²) in [6, 6.07) is 10.4. The Balaban J connectivity index is 1.70. The van der Waals surface area contributed by atoms with E-state index in [0.717, 1.165) is 45.0 Å². The van der Waals surface area contributed by atoms with Gasteiger partial charge in [-0.25, -0.2) is 0 Å². The molecule has 0 aromatic heterocycles. The Morgan fingerprint density at radius 2 is 1.96 bits per heavy atom. The van der Waals surface area contributed by atoms with Crippen molar-refractivity contribution in [2.45, 2.75) is 40.0 Å². The van der Waals surface area contributed by atoms with E-state index in [4.69, 9.17) is 0 Å². The summed E-state index contributed by atoms with van der Waals surface area (Å²) >= 11 is 0. The third kappa shape index (κ3) is 7.06. The molecule has 1 aliphatic rings. The fraction of sp³-hybridized carbons (Fsp3) is 0.619. The largest absolute Gasteiger partial charge is 0.356 e. The molecule has 1 saturated heterocycles. The average Bonchev–Trinajstić information content (AvgIpc) is 2.96. The van der Waals surface area contributed by atoms with Crippen LogP contribution in [-0.2, 0) is 11.2 Å². The number of rotatable bonds is 7. The van der Waals surface area contributed by atoms with E-state index >= 15 is 0 Å². The quantitative estimate of drug-likeness (QED) is 0.582. The van der Waals surface area contributed by atoms with Gasteiger partial charge in [0, 0.05) is 45.6 Å². The summed E-state index contributed by atoms with van der Waals surface area (Å²) < 4.78 is 0. The van der Waals surface area contributed by atoms with Crippen LogP contribution in [0.5, 0.6) is 0 Å². The number of amides is 1. The summed E-state index contributed by atoms with van der Waals surface area (Å²) in [5, 5.41) is 6.73. The molecule has 0 bridgehead atoms. The second-order valence-electron chi connectivity index (χ2n) is 8.34. The molecule has 1 aliphatic heterocycles. The van der Waals surface area contributed by atoms with E-state index in [-0.39, 0.29) is 5.91 Å². The minimum absolute atomic E-state index is 0.267. The number of aliphatic imine (C=N–C) groups is 1. The van der Waals surface area contributed by atoms with Crippen molar-refractivity contribution >= 4 is 11.9 Å². The summed E-state index contributed by atoms with van der Waals surface area (Å²) in [5.74, 6) is 1.44. The van der Waals surface area contributed by atoms with E-state index in [1.807, 2.05) is 23.1 Å². The van der Waals surface area contributed by atoms with E-state index in [9.17, 15) is 4.79 Å². The van der Waals surface area contributed by atoms with Gasteiger partial charge in [-0.05, 0) is 23.8 Å². The Hall–Kier alpha value is -2.04. The zero-order valence-corrected chi connectivity index (χ0v) is 16.7. The van der Waals surface area contributed by atoms with Gasteiger partial charge in [0.25, 0.3) is 0 Å². The molecule has 5 heteroatoms. The molecule has 1 aromatic carbocycles. The first-order chi connectivity index (χ1) is 12.4. The minimum Gasteiger partial charge on any atom is -0.356 e. The molecule has 144 valence electrons. The molecule has 5 nitrogen and oxygen atoms in total. The Kier molecular flexibility index (Phi) is 7.49. The van der Waals surface area contributed by atoms with Crippen molar-refractivity contribution in [1.29, 1.82) is 0 Å². The van der Waals surface area contributed by atoms with Crippen molar-refractivity contribution in [1.82, 2.24) is 15.5 Å². The molecule has 0 spiro atoms. The Morgan fingerprint density at radius 1 is 1.23 bits per heavy atom. The molecule has 0 aliphatic carbocycles. The summed E-state index contributed by atoms with van der Waals surface area (Å²) in [6.07, 6.45) is 2.63. The maximum absolute atomic E-state index is 12.3. The highest BCUT2D eigenvalue weighted by molar-refractivity contribution is 5.80. The maximum atomic E-state index is 12.3. The summed E-state index contributed by atoms with van der Waals surface area (Å²) in [6.45, 7) is 10.0. The first kappa shape index (κ1) is 20.3. The monoisotopic (exact) mass is 358 g/mol. The number of benzene rings is 1. The highest BCUT2D eigenvalue weighted by atomic mass is 16.2. The van der Waals surface area contributed by atoms with Crippen LogP contribution in [0.4, 0.5) is 0 Å². The van der Waals surface area contributed by atoms with E-state index in [0.29, 0.717) is 17.8 Å². The van der Waals surface area contributed by atoms with Crippen LogP contribution in [0.3, 0.4) is 0 Å². The van der Waals surface area contributed by atoms with Gasteiger partial charge in [-0.3, -0.25) is 9.79 Å². The Labute approximate surface area is 158 Å². The first-order valence-corrected chi connectivity index (χ1v) is 9.63. The smallest absolute Gasteiger partial charge is 0.223 e. The second-order valence-corrected chi connectivity index (χ2v) is 8.34. The van der Waals surface area contributed by atoms with Crippen LogP contribution >= 0.6 is 0 Å². The number of hydrogen-bond acceptors (Lipinski definition) is 2. The second kappa shape index (κ2) is 9.60. The van der Waals surface area contributed by atoms with Gasteiger partial charge in [-0.15, -0.1) is 0 Å². The van der Waals surface area contributed by atoms with Crippen molar-refractivity contribution < 1.29 is 4.79 Å². The molecule has 2 rings (SSSR count). The molecule has 1 fully saturated rings. The zero-order chi connectivity index (χ0) is 19.0. The van der Waals surface area contributed by atoms with Gasteiger partial charge in [0.1, 0.15) is 0 Å². The van der Waals surface area contributed by atoms with Gasteiger partial charge in [-0.2, -0.15) is 0 Å². The lowest BCUT2D eigenvalue weighted by atomic mass is 9.92. The zero-order valence-electron chi connectivity index (χ0n) is 16.7. The van der Waals surface area contributed by atoms with E-state index in [1.165, 1.54) is 5.56 Å². The number of nitrogens with zero attached hydrogens (tertiary/aromatic N) is 2. The van der Waals surface area contributed by atoms with Crippen LogP contribution in [0.15, 0.2) is 35.3 Å². The number of likely N-dealkylation sites (tertiary alicyclic amines) is 1. The number of nitrogens with one attached hydrogen (secondary N) is 2. The Morgan fingerprint density at radius 3 is 2.62 bits per heavy atom. The number of guanidine groups is 1. The average molecular weight is 359 g/mol. The van der Waals surface area contributed by atoms with Gasteiger partial charge < -0.3 is 15.5 Å². The number of hydrogen-bond donors (Lipinski definition) is 2. The molecule has 0 radical (unpaired) electrons. The third-order valence-electron chi connectivity index (χ3n) is 4.76. The molecule has 2 N–H and O–H groups in total. The van der Waals surface area contributed by atoms with Gasteiger partial charge >= 0.3 is 0 Å². The third-order valence-corrected chi connectivity index (χ3v) is 4.76. The maximum Gasteiger partial charge on any atom is 0.223 e. The molecule has 1 heterocycles. The molecule has 1 aromatic rings. The topological polar surface area (TPSA) is 56.7 Å². The summed E-state index contributed by atoms with van der Waals surface area (Å²) in [7, 11) is 1.79. The van der Waals surface area contributed by atoms with Crippen molar-refractivity contribution in [3.05, 3.63) is 35.9 Å². The molecule has 1 amide bonds. The van der Waals surface area contributed by atoms with Gasteiger partial charge in [-0.1, -0.05) is 51.1 Å². The fourth-order valence-corrected chi connectivity index (χ4v) is 3.13. The summed E-state index contributed by atoms with van der Waals surface area (Å²) in [5.41, 5.74) is 1.59. The van der Waals surface area contributed by atoms with Crippen LogP contribution < -0.4 is 10.6 Å². The van der Waals surface area contributed by atoms with Crippen molar-refractivity contribution in [3.63, 3.8) is 0 Å². The molecule has 0 saturated carbocycles. The van der Waals surface area contributed by atoms with Crippen LogP contribution in [0.1, 0.15) is 39.2 Å². The lowest BCUT2D eigenvalue weighted by Gasteiger charge is -2.20. The summed E-state index contributed by atoms with van der Waals surface area (Å²) in [4.78, 5) is 18.5. The van der Waals surface area contributed by atoms with Crippen molar-refractivity contribution in [3.8, 4) is 0 Å². The van der Waals surface area contributed by atoms with Crippen LogP contribution in [0.25, 0.3) is 0 Å². The predicted octanol–water partition coefficient (Wildman–Crippen LogP) is 2.68. The van der Waals surface area contributed by atoms with E-state index in [1.54, 1.807) is 7.05 Å². The lowest BCUT2D eigenvalue weighted by molar-refractivity contribution is -0.127.